The van der Waals surface area contributed by atoms with Crippen molar-refractivity contribution < 1.29 is 23.9 Å². The summed E-state index contributed by atoms with van der Waals surface area (Å²) in [5.41, 5.74) is 0.368. The Labute approximate surface area is 185 Å². The zero-order valence-corrected chi connectivity index (χ0v) is 19.5. The van der Waals surface area contributed by atoms with Gasteiger partial charge < -0.3 is 19.7 Å². The molecule has 0 saturated carbocycles. The van der Waals surface area contributed by atoms with E-state index in [2.05, 4.69) is 5.32 Å². The largest absolute Gasteiger partial charge is 0.467 e. The highest BCUT2D eigenvalue weighted by molar-refractivity contribution is 5.86. The molecule has 1 saturated heterocycles. The van der Waals surface area contributed by atoms with E-state index in [1.54, 1.807) is 4.90 Å². The Balaban J connectivity index is 2.05. The molecule has 1 fully saturated rings. The molecular weight excluding hydrogens is 396 g/mol. The number of benzene rings is 1. The third-order valence-electron chi connectivity index (χ3n) is 5.82. The maximum atomic E-state index is 13.0. The summed E-state index contributed by atoms with van der Waals surface area (Å²) in [7, 11) is 1.32. The number of hydrogen-bond donors (Lipinski definition) is 1. The number of methoxy groups -OCH3 is 1. The number of nitrogens with one attached hydrogen (secondary N) is 1. The molecule has 0 spiro atoms. The van der Waals surface area contributed by atoms with Crippen LogP contribution in [-0.4, -0.2) is 54.2 Å². The second-order valence-electron chi connectivity index (χ2n) is 9.31. The van der Waals surface area contributed by atoms with E-state index in [0.29, 0.717) is 13.0 Å². The zero-order valence-electron chi connectivity index (χ0n) is 19.5. The molecule has 1 N–H and O–H groups in total. The van der Waals surface area contributed by atoms with Crippen molar-refractivity contribution in [1.29, 1.82) is 0 Å². The first-order chi connectivity index (χ1) is 14.5. The van der Waals surface area contributed by atoms with Crippen LogP contribution in [0.15, 0.2) is 30.3 Å². The van der Waals surface area contributed by atoms with Gasteiger partial charge in [-0.25, -0.2) is 9.59 Å². The van der Waals surface area contributed by atoms with Crippen LogP contribution in [0, 0.1) is 11.8 Å². The van der Waals surface area contributed by atoms with Gasteiger partial charge >= 0.3 is 12.1 Å². The molecule has 1 aliphatic heterocycles. The lowest BCUT2D eigenvalue weighted by Crippen LogP contribution is -2.49. The van der Waals surface area contributed by atoms with Gasteiger partial charge in [0.25, 0.3) is 0 Å². The van der Waals surface area contributed by atoms with Crippen LogP contribution in [0.5, 0.6) is 0 Å². The minimum absolute atomic E-state index is 0.0821. The molecule has 1 aliphatic rings. The van der Waals surface area contributed by atoms with Crippen molar-refractivity contribution in [3.05, 3.63) is 35.9 Å². The Morgan fingerprint density at radius 3 is 2.39 bits per heavy atom. The summed E-state index contributed by atoms with van der Waals surface area (Å²) in [5, 5.41) is 2.85. The number of hydrogen-bond acceptors (Lipinski definition) is 5. The molecule has 0 radical (unpaired) electrons. The third kappa shape index (κ3) is 6.97. The highest BCUT2D eigenvalue weighted by Crippen LogP contribution is 2.30. The second-order valence-corrected chi connectivity index (χ2v) is 9.31. The Hall–Kier alpha value is -2.57. The minimum Gasteiger partial charge on any atom is -0.467 e. The molecule has 0 aromatic heterocycles. The summed E-state index contributed by atoms with van der Waals surface area (Å²) in [6.45, 7) is 9.96. The van der Waals surface area contributed by atoms with Crippen LogP contribution in [0.1, 0.15) is 53.0 Å². The molecule has 1 aromatic carbocycles. The lowest BCUT2D eigenvalue weighted by atomic mass is 9.86. The summed E-state index contributed by atoms with van der Waals surface area (Å²) in [6, 6.07) is 8.65. The maximum Gasteiger partial charge on any atom is 0.410 e. The first-order valence-electron chi connectivity index (χ1n) is 10.9. The van der Waals surface area contributed by atoms with Gasteiger partial charge in [0, 0.05) is 24.9 Å². The predicted octanol–water partition coefficient (Wildman–Crippen LogP) is 3.56. The van der Waals surface area contributed by atoms with E-state index in [4.69, 9.17) is 9.47 Å². The van der Waals surface area contributed by atoms with Crippen molar-refractivity contribution in [2.45, 2.75) is 71.6 Å². The monoisotopic (exact) mass is 432 g/mol. The number of ether oxygens (including phenoxy) is 2. The topological polar surface area (TPSA) is 84.9 Å². The summed E-state index contributed by atoms with van der Waals surface area (Å²) in [5.74, 6) is -1.19. The molecule has 0 unspecified atom stereocenters. The van der Waals surface area contributed by atoms with E-state index in [-0.39, 0.29) is 24.0 Å². The van der Waals surface area contributed by atoms with Crippen molar-refractivity contribution in [3.63, 3.8) is 0 Å². The summed E-state index contributed by atoms with van der Waals surface area (Å²) in [6.07, 6.45) is 1.71. The first-order valence-corrected chi connectivity index (χ1v) is 10.9. The van der Waals surface area contributed by atoms with Crippen LogP contribution in [0.3, 0.4) is 0 Å². The fourth-order valence-corrected chi connectivity index (χ4v) is 3.95. The van der Waals surface area contributed by atoms with Crippen LogP contribution >= 0.6 is 0 Å². The highest BCUT2D eigenvalue weighted by Gasteiger charge is 2.39. The number of esters is 1. The normalized spacial score (nSPS) is 19.3. The number of carbonyl (C=O) groups excluding carboxylic acids is 3. The molecule has 2 amide bonds. The summed E-state index contributed by atoms with van der Waals surface area (Å²) < 4.78 is 10.4. The quantitative estimate of drug-likeness (QED) is 0.666. The SMILES string of the molecule is COC(=O)[C@H](Cc1ccccc1)NC(=O)[C@H](C)[C@@H](C)[C@@H]1CCCN1C(=O)OC(C)(C)C. The van der Waals surface area contributed by atoms with Gasteiger partial charge in [0.15, 0.2) is 0 Å². The number of rotatable bonds is 7. The number of amides is 2. The van der Waals surface area contributed by atoms with Gasteiger partial charge in [-0.05, 0) is 45.1 Å². The van der Waals surface area contributed by atoms with Gasteiger partial charge in [-0.15, -0.1) is 0 Å². The van der Waals surface area contributed by atoms with E-state index in [1.807, 2.05) is 65.0 Å². The molecule has 0 bridgehead atoms. The zero-order chi connectivity index (χ0) is 23.2. The fraction of sp³-hybridized carbons (Fsp3) is 0.625. The van der Waals surface area contributed by atoms with Crippen molar-refractivity contribution >= 4 is 18.0 Å². The van der Waals surface area contributed by atoms with Gasteiger partial charge in [-0.2, -0.15) is 0 Å². The average molecular weight is 433 g/mol. The Kier molecular flexibility index (Phi) is 8.48. The Morgan fingerprint density at radius 1 is 1.16 bits per heavy atom. The number of likely N-dealkylation sites (tertiary alicyclic amines) is 1. The van der Waals surface area contributed by atoms with E-state index < -0.39 is 23.5 Å². The molecule has 7 nitrogen and oxygen atoms in total. The predicted molar refractivity (Wildman–Crippen MR) is 118 cm³/mol. The second kappa shape index (κ2) is 10.6. The maximum absolute atomic E-state index is 13.0. The van der Waals surface area contributed by atoms with Gasteiger partial charge in [-0.1, -0.05) is 44.2 Å². The fourth-order valence-electron chi connectivity index (χ4n) is 3.95. The van der Waals surface area contributed by atoms with Gasteiger partial charge in [-0.3, -0.25) is 4.79 Å². The summed E-state index contributed by atoms with van der Waals surface area (Å²) >= 11 is 0. The van der Waals surface area contributed by atoms with Crippen molar-refractivity contribution in [1.82, 2.24) is 10.2 Å². The number of nitrogens with zero attached hydrogens (tertiary/aromatic N) is 1. The molecular formula is C24H36N2O5. The van der Waals surface area contributed by atoms with Crippen LogP contribution in [0.2, 0.25) is 0 Å². The molecule has 7 heteroatoms. The number of carbonyl (C=O) groups is 3. The Bertz CT molecular complexity index is 759. The first kappa shape index (κ1) is 24.7. The van der Waals surface area contributed by atoms with Crippen molar-refractivity contribution in [2.75, 3.05) is 13.7 Å². The van der Waals surface area contributed by atoms with Crippen LogP contribution in [0.4, 0.5) is 4.79 Å². The third-order valence-corrected chi connectivity index (χ3v) is 5.82. The highest BCUT2D eigenvalue weighted by atomic mass is 16.6. The molecule has 172 valence electrons. The average Bonchev–Trinajstić information content (AvgIpc) is 3.21. The molecule has 1 heterocycles. The molecule has 31 heavy (non-hydrogen) atoms. The van der Waals surface area contributed by atoms with E-state index in [1.165, 1.54) is 7.11 Å². The van der Waals surface area contributed by atoms with E-state index >= 15 is 0 Å². The molecule has 4 atom stereocenters. The van der Waals surface area contributed by atoms with Gasteiger partial charge in [0.1, 0.15) is 11.6 Å². The van der Waals surface area contributed by atoms with Gasteiger partial charge in [0.2, 0.25) is 5.91 Å². The molecule has 1 aromatic rings. The van der Waals surface area contributed by atoms with Crippen molar-refractivity contribution in [2.24, 2.45) is 11.8 Å². The summed E-state index contributed by atoms with van der Waals surface area (Å²) in [4.78, 5) is 39.6. The Morgan fingerprint density at radius 2 is 1.81 bits per heavy atom. The molecule has 2 rings (SSSR count). The van der Waals surface area contributed by atoms with Gasteiger partial charge in [0.05, 0.1) is 7.11 Å². The van der Waals surface area contributed by atoms with E-state index in [9.17, 15) is 14.4 Å². The smallest absolute Gasteiger partial charge is 0.410 e. The lowest BCUT2D eigenvalue weighted by Gasteiger charge is -2.34. The van der Waals surface area contributed by atoms with E-state index in [0.717, 1.165) is 18.4 Å². The van der Waals surface area contributed by atoms with Crippen LogP contribution < -0.4 is 5.32 Å². The minimum atomic E-state index is -0.764. The van der Waals surface area contributed by atoms with Crippen LogP contribution in [0.25, 0.3) is 0 Å². The van der Waals surface area contributed by atoms with Crippen LogP contribution in [-0.2, 0) is 25.5 Å². The standard InChI is InChI=1S/C24H36N2O5/c1-16(20-13-10-14-26(20)23(29)31-24(3,4)5)17(2)21(27)25-19(22(28)30-6)15-18-11-8-7-9-12-18/h7-9,11-12,16-17,19-20H,10,13-15H2,1-6H3,(H,25,27)/t16-,17-,19+,20+/m1/s1. The lowest BCUT2D eigenvalue weighted by molar-refractivity contribution is -0.145. The molecule has 0 aliphatic carbocycles. The van der Waals surface area contributed by atoms with Crippen molar-refractivity contribution in [3.8, 4) is 0 Å².